The van der Waals surface area contributed by atoms with Gasteiger partial charge in [-0.1, -0.05) is 30.3 Å². The molecule has 3 rings (SSSR count). The molecule has 0 aliphatic carbocycles. The Hall–Kier alpha value is -0.900. The lowest BCUT2D eigenvalue weighted by atomic mass is 10.0. The maximum absolute atomic E-state index is 10.2. The summed E-state index contributed by atoms with van der Waals surface area (Å²) in [5, 5.41) is 10.2. The fourth-order valence-electron chi connectivity index (χ4n) is 3.31. The van der Waals surface area contributed by atoms with Crippen molar-refractivity contribution in [2.75, 3.05) is 26.3 Å². The van der Waals surface area contributed by atoms with Gasteiger partial charge in [0, 0.05) is 25.7 Å². The van der Waals surface area contributed by atoms with Gasteiger partial charge in [0.25, 0.3) is 0 Å². The maximum atomic E-state index is 10.2. The summed E-state index contributed by atoms with van der Waals surface area (Å²) in [5.41, 5.74) is 1.32. The number of hydrogen-bond acceptors (Lipinski definition) is 3. The average molecular weight is 261 g/mol. The third kappa shape index (κ3) is 3.16. The van der Waals surface area contributed by atoms with Crippen LogP contribution in [0.5, 0.6) is 0 Å². The van der Waals surface area contributed by atoms with Gasteiger partial charge in [0.1, 0.15) is 0 Å². The molecule has 2 fully saturated rings. The fraction of sp³-hybridized carbons (Fsp3) is 0.625. The van der Waals surface area contributed by atoms with Gasteiger partial charge >= 0.3 is 0 Å². The van der Waals surface area contributed by atoms with Crippen LogP contribution in [0.15, 0.2) is 30.3 Å². The molecule has 0 amide bonds. The summed E-state index contributed by atoms with van der Waals surface area (Å²) in [6.45, 7) is 3.90. The van der Waals surface area contributed by atoms with Crippen LogP contribution in [0, 0.1) is 5.92 Å². The van der Waals surface area contributed by atoms with Crippen molar-refractivity contribution in [3.05, 3.63) is 35.9 Å². The van der Waals surface area contributed by atoms with Gasteiger partial charge in [-0.25, -0.2) is 0 Å². The highest BCUT2D eigenvalue weighted by atomic mass is 16.5. The van der Waals surface area contributed by atoms with Crippen molar-refractivity contribution in [2.24, 2.45) is 5.92 Å². The minimum absolute atomic E-state index is 0.178. The first-order valence-electron chi connectivity index (χ1n) is 7.37. The molecular weight excluding hydrogens is 238 g/mol. The highest BCUT2D eigenvalue weighted by molar-refractivity contribution is 5.17. The molecule has 2 aliphatic rings. The Bertz CT molecular complexity index is 389. The molecule has 3 heteroatoms. The molecule has 0 saturated carbocycles. The Kier molecular flexibility index (Phi) is 4.16. The van der Waals surface area contributed by atoms with Crippen LogP contribution in [0.2, 0.25) is 0 Å². The Balaban J connectivity index is 1.63. The fourth-order valence-corrected chi connectivity index (χ4v) is 3.31. The molecule has 3 nitrogen and oxygen atoms in total. The highest BCUT2D eigenvalue weighted by Crippen LogP contribution is 2.25. The van der Waals surface area contributed by atoms with E-state index in [1.165, 1.54) is 12.0 Å². The summed E-state index contributed by atoms with van der Waals surface area (Å²) in [7, 11) is 0. The molecule has 1 N–H and O–H groups in total. The molecule has 104 valence electrons. The van der Waals surface area contributed by atoms with Gasteiger partial charge in [-0.15, -0.1) is 0 Å². The van der Waals surface area contributed by atoms with E-state index in [-0.39, 0.29) is 12.1 Å². The zero-order chi connectivity index (χ0) is 13.1. The zero-order valence-corrected chi connectivity index (χ0v) is 11.4. The van der Waals surface area contributed by atoms with Crippen LogP contribution in [0.1, 0.15) is 18.4 Å². The normalized spacial score (nSPS) is 31.9. The van der Waals surface area contributed by atoms with Gasteiger partial charge in [0.2, 0.25) is 0 Å². The van der Waals surface area contributed by atoms with Crippen molar-refractivity contribution in [1.29, 1.82) is 0 Å². The first-order chi connectivity index (χ1) is 9.33. The zero-order valence-electron chi connectivity index (χ0n) is 11.4. The van der Waals surface area contributed by atoms with E-state index in [1.807, 2.05) is 6.07 Å². The number of likely N-dealkylation sites (tertiary alicyclic amines) is 1. The molecule has 19 heavy (non-hydrogen) atoms. The predicted molar refractivity (Wildman–Crippen MR) is 75.1 cm³/mol. The minimum atomic E-state index is -0.178. The van der Waals surface area contributed by atoms with E-state index in [2.05, 4.69) is 29.2 Å². The molecule has 1 aromatic carbocycles. The van der Waals surface area contributed by atoms with E-state index in [4.69, 9.17) is 4.74 Å². The molecule has 1 unspecified atom stereocenters. The molecule has 0 spiro atoms. The summed E-state index contributed by atoms with van der Waals surface area (Å²) in [6, 6.07) is 10.8. The van der Waals surface area contributed by atoms with E-state index in [0.717, 1.165) is 39.1 Å². The first kappa shape index (κ1) is 13.1. The average Bonchev–Trinajstić information content (AvgIpc) is 3.05. The lowest BCUT2D eigenvalue weighted by molar-refractivity contribution is 0.103. The number of benzene rings is 1. The van der Waals surface area contributed by atoms with Crippen molar-refractivity contribution in [3.63, 3.8) is 0 Å². The van der Waals surface area contributed by atoms with Crippen LogP contribution in [-0.2, 0) is 11.2 Å². The van der Waals surface area contributed by atoms with Gasteiger partial charge < -0.3 is 9.84 Å². The topological polar surface area (TPSA) is 32.7 Å². The predicted octanol–water partition coefficient (Wildman–Crippen LogP) is 1.70. The molecule has 0 bridgehead atoms. The molecule has 0 aromatic heterocycles. The van der Waals surface area contributed by atoms with Gasteiger partial charge in [0.05, 0.1) is 12.7 Å². The number of aliphatic hydroxyl groups excluding tert-OH is 1. The molecule has 2 aliphatic heterocycles. The van der Waals surface area contributed by atoms with Crippen LogP contribution in [0.25, 0.3) is 0 Å². The number of rotatable bonds is 4. The second kappa shape index (κ2) is 6.04. The Labute approximate surface area is 115 Å². The third-order valence-corrected chi connectivity index (χ3v) is 4.43. The molecule has 2 heterocycles. The molecule has 2 saturated heterocycles. The number of aliphatic hydroxyl groups is 1. The van der Waals surface area contributed by atoms with Gasteiger partial charge in [-0.2, -0.15) is 0 Å². The third-order valence-electron chi connectivity index (χ3n) is 4.43. The quantitative estimate of drug-likeness (QED) is 0.895. The number of ether oxygens (including phenoxy) is 1. The SMILES string of the molecule is O[C@H]1CCN(CC2CCOC2)[C@H]1Cc1ccccc1. The van der Waals surface area contributed by atoms with E-state index in [9.17, 15) is 5.11 Å². The van der Waals surface area contributed by atoms with E-state index in [1.54, 1.807) is 0 Å². The van der Waals surface area contributed by atoms with Crippen LogP contribution in [0.4, 0.5) is 0 Å². The van der Waals surface area contributed by atoms with Gasteiger partial charge in [-0.05, 0) is 30.7 Å². The Morgan fingerprint density at radius 2 is 2.05 bits per heavy atom. The monoisotopic (exact) mass is 261 g/mol. The number of hydrogen-bond donors (Lipinski definition) is 1. The molecule has 0 radical (unpaired) electrons. The van der Waals surface area contributed by atoms with Crippen LogP contribution in [0.3, 0.4) is 0 Å². The maximum Gasteiger partial charge on any atom is 0.0710 e. The molecule has 3 atom stereocenters. The minimum Gasteiger partial charge on any atom is -0.391 e. The van der Waals surface area contributed by atoms with Crippen molar-refractivity contribution in [1.82, 2.24) is 4.90 Å². The van der Waals surface area contributed by atoms with Crippen molar-refractivity contribution in [3.8, 4) is 0 Å². The van der Waals surface area contributed by atoms with Crippen LogP contribution in [-0.4, -0.2) is 48.5 Å². The summed E-state index contributed by atoms with van der Waals surface area (Å²) in [6.07, 6.45) is 2.85. The highest BCUT2D eigenvalue weighted by Gasteiger charge is 2.34. The first-order valence-corrected chi connectivity index (χ1v) is 7.37. The second-order valence-electron chi connectivity index (χ2n) is 5.84. The largest absolute Gasteiger partial charge is 0.391 e. The lowest BCUT2D eigenvalue weighted by Crippen LogP contribution is -2.40. The summed E-state index contributed by atoms with van der Waals surface area (Å²) < 4.78 is 5.46. The van der Waals surface area contributed by atoms with Crippen LogP contribution < -0.4 is 0 Å². The Morgan fingerprint density at radius 1 is 1.21 bits per heavy atom. The number of nitrogens with zero attached hydrogens (tertiary/aromatic N) is 1. The summed E-state index contributed by atoms with van der Waals surface area (Å²) in [4.78, 5) is 2.47. The molecular formula is C16H23NO2. The summed E-state index contributed by atoms with van der Waals surface area (Å²) >= 11 is 0. The lowest BCUT2D eigenvalue weighted by Gasteiger charge is -2.28. The second-order valence-corrected chi connectivity index (χ2v) is 5.84. The standard InChI is InChI=1S/C16H23NO2/c18-16-6-8-17(11-14-7-9-19-12-14)15(16)10-13-4-2-1-3-5-13/h1-5,14-16,18H,6-12H2/t14?,15-,16-/m0/s1. The van der Waals surface area contributed by atoms with Crippen molar-refractivity contribution in [2.45, 2.75) is 31.4 Å². The van der Waals surface area contributed by atoms with Gasteiger partial charge in [-0.3, -0.25) is 4.90 Å². The van der Waals surface area contributed by atoms with Gasteiger partial charge in [0.15, 0.2) is 0 Å². The van der Waals surface area contributed by atoms with E-state index >= 15 is 0 Å². The van der Waals surface area contributed by atoms with Crippen molar-refractivity contribution >= 4 is 0 Å². The molecule has 1 aromatic rings. The van der Waals surface area contributed by atoms with Crippen molar-refractivity contribution < 1.29 is 9.84 Å². The summed E-state index contributed by atoms with van der Waals surface area (Å²) in [5.74, 6) is 0.656. The smallest absolute Gasteiger partial charge is 0.0710 e. The van der Waals surface area contributed by atoms with Crippen LogP contribution >= 0.6 is 0 Å². The van der Waals surface area contributed by atoms with E-state index < -0.39 is 0 Å². The Morgan fingerprint density at radius 3 is 2.79 bits per heavy atom. The van der Waals surface area contributed by atoms with E-state index in [0.29, 0.717) is 5.92 Å².